The molecule has 0 unspecified atom stereocenters. The molecule has 23 heavy (non-hydrogen) atoms. The first-order chi connectivity index (χ1) is 11.2. The van der Waals surface area contributed by atoms with Crippen LogP contribution in [0.1, 0.15) is 38.3 Å². The Morgan fingerprint density at radius 2 is 1.91 bits per heavy atom. The van der Waals surface area contributed by atoms with Crippen molar-refractivity contribution in [1.82, 2.24) is 4.57 Å². The molecule has 3 aromatic rings. The standard InChI is InChI=1S/C19H22N2OS/c1-4-15(5-2)21-17(18-11-8-12-22-18)13-23-19(21)20-16-10-7-6-9-14(16)3/h6-13,15H,4-5H2,1-3H3. The zero-order chi connectivity index (χ0) is 16.2. The largest absolute Gasteiger partial charge is 0.463 e. The molecule has 0 aliphatic carbocycles. The number of aryl methyl sites for hydroxylation is 1. The monoisotopic (exact) mass is 326 g/mol. The summed E-state index contributed by atoms with van der Waals surface area (Å²) in [6, 6.07) is 12.6. The molecule has 0 saturated heterocycles. The first kappa shape index (κ1) is 15.8. The fraction of sp³-hybridized carbons (Fsp3) is 0.316. The fourth-order valence-electron chi connectivity index (χ4n) is 2.81. The molecule has 1 aromatic carbocycles. The van der Waals surface area contributed by atoms with Gasteiger partial charge in [-0.3, -0.25) is 0 Å². The van der Waals surface area contributed by atoms with Crippen molar-refractivity contribution in [2.75, 3.05) is 0 Å². The van der Waals surface area contributed by atoms with Crippen molar-refractivity contribution < 1.29 is 4.42 Å². The molecule has 0 bridgehead atoms. The number of thiazole rings is 1. The molecule has 0 fully saturated rings. The van der Waals surface area contributed by atoms with E-state index in [0.29, 0.717) is 6.04 Å². The molecule has 0 radical (unpaired) electrons. The third-order valence-corrected chi connectivity index (χ3v) is 4.99. The summed E-state index contributed by atoms with van der Waals surface area (Å²) in [6.45, 7) is 6.55. The molecule has 3 rings (SSSR count). The van der Waals surface area contributed by atoms with Crippen LogP contribution in [0.15, 0.2) is 57.5 Å². The SMILES string of the molecule is CCC(CC)n1c(-c2ccco2)csc1=Nc1ccccc1C. The Morgan fingerprint density at radius 3 is 2.57 bits per heavy atom. The van der Waals surface area contributed by atoms with Gasteiger partial charge in [0.05, 0.1) is 17.6 Å². The molecule has 0 aliphatic rings. The lowest BCUT2D eigenvalue weighted by atomic mass is 10.1. The number of benzene rings is 1. The van der Waals surface area contributed by atoms with Crippen molar-refractivity contribution in [3.8, 4) is 11.5 Å². The van der Waals surface area contributed by atoms with E-state index in [4.69, 9.17) is 9.41 Å². The molecule has 0 saturated carbocycles. The summed E-state index contributed by atoms with van der Waals surface area (Å²) in [7, 11) is 0. The van der Waals surface area contributed by atoms with Crippen LogP contribution >= 0.6 is 11.3 Å². The van der Waals surface area contributed by atoms with Gasteiger partial charge >= 0.3 is 0 Å². The van der Waals surface area contributed by atoms with Crippen molar-refractivity contribution in [3.63, 3.8) is 0 Å². The van der Waals surface area contributed by atoms with Gasteiger partial charge in [0.15, 0.2) is 10.6 Å². The fourth-order valence-corrected chi connectivity index (χ4v) is 3.76. The number of hydrogen-bond donors (Lipinski definition) is 0. The predicted octanol–water partition coefficient (Wildman–Crippen LogP) is 5.71. The smallest absolute Gasteiger partial charge is 0.190 e. The molecular weight excluding hydrogens is 304 g/mol. The molecule has 0 aliphatic heterocycles. The van der Waals surface area contributed by atoms with Crippen LogP contribution in [0.2, 0.25) is 0 Å². The van der Waals surface area contributed by atoms with E-state index in [9.17, 15) is 0 Å². The Bertz CT molecular complexity index is 823. The molecule has 4 heteroatoms. The Hall–Kier alpha value is -2.07. The van der Waals surface area contributed by atoms with Gasteiger partial charge in [0.25, 0.3) is 0 Å². The second-order valence-corrected chi connectivity index (χ2v) is 6.46. The summed E-state index contributed by atoms with van der Waals surface area (Å²) >= 11 is 1.67. The predicted molar refractivity (Wildman–Crippen MR) is 96.0 cm³/mol. The Morgan fingerprint density at radius 1 is 1.13 bits per heavy atom. The maximum Gasteiger partial charge on any atom is 0.190 e. The van der Waals surface area contributed by atoms with Gasteiger partial charge in [0.2, 0.25) is 0 Å². The van der Waals surface area contributed by atoms with Gasteiger partial charge < -0.3 is 8.98 Å². The minimum atomic E-state index is 0.420. The highest BCUT2D eigenvalue weighted by molar-refractivity contribution is 7.07. The second-order valence-electron chi connectivity index (χ2n) is 5.62. The highest BCUT2D eigenvalue weighted by Gasteiger charge is 2.16. The van der Waals surface area contributed by atoms with Crippen LogP contribution < -0.4 is 4.80 Å². The van der Waals surface area contributed by atoms with E-state index < -0.39 is 0 Å². The van der Waals surface area contributed by atoms with Gasteiger partial charge in [-0.15, -0.1) is 11.3 Å². The zero-order valence-electron chi connectivity index (χ0n) is 13.8. The Balaban J connectivity index is 2.20. The molecule has 2 heterocycles. The van der Waals surface area contributed by atoms with E-state index in [2.05, 4.69) is 42.9 Å². The lowest BCUT2D eigenvalue weighted by molar-refractivity contribution is 0.459. The summed E-state index contributed by atoms with van der Waals surface area (Å²) in [5.74, 6) is 0.902. The van der Waals surface area contributed by atoms with Gasteiger partial charge in [-0.05, 0) is 43.5 Å². The van der Waals surface area contributed by atoms with Crippen LogP contribution in [0.3, 0.4) is 0 Å². The van der Waals surface area contributed by atoms with Gasteiger partial charge in [-0.2, -0.15) is 0 Å². The number of nitrogens with zero attached hydrogens (tertiary/aromatic N) is 2. The summed E-state index contributed by atoms with van der Waals surface area (Å²) in [5.41, 5.74) is 3.33. The van der Waals surface area contributed by atoms with Crippen LogP contribution in [0, 0.1) is 6.92 Å². The number of furan rings is 1. The van der Waals surface area contributed by atoms with E-state index in [-0.39, 0.29) is 0 Å². The quantitative estimate of drug-likeness (QED) is 0.590. The maximum absolute atomic E-state index is 5.63. The molecule has 3 nitrogen and oxygen atoms in total. The number of aromatic nitrogens is 1. The van der Waals surface area contributed by atoms with Gasteiger partial charge in [-0.1, -0.05) is 32.0 Å². The van der Waals surface area contributed by atoms with Crippen molar-refractivity contribution in [2.45, 2.75) is 39.7 Å². The van der Waals surface area contributed by atoms with Gasteiger partial charge in [-0.25, -0.2) is 4.99 Å². The number of rotatable bonds is 5. The average Bonchev–Trinajstić information content (AvgIpc) is 3.21. The third-order valence-electron chi connectivity index (χ3n) is 4.15. The number of para-hydroxylation sites is 1. The van der Waals surface area contributed by atoms with Gasteiger partial charge in [0, 0.05) is 11.4 Å². The average molecular weight is 326 g/mol. The normalized spacial score (nSPS) is 12.3. The molecule has 120 valence electrons. The molecule has 0 atom stereocenters. The van der Waals surface area contributed by atoms with Crippen molar-refractivity contribution in [1.29, 1.82) is 0 Å². The van der Waals surface area contributed by atoms with Crippen molar-refractivity contribution in [2.24, 2.45) is 4.99 Å². The lowest BCUT2D eigenvalue weighted by Crippen LogP contribution is -2.21. The van der Waals surface area contributed by atoms with E-state index in [1.165, 1.54) is 5.56 Å². The lowest BCUT2D eigenvalue weighted by Gasteiger charge is -2.17. The van der Waals surface area contributed by atoms with Crippen LogP contribution in [0.4, 0.5) is 5.69 Å². The summed E-state index contributed by atoms with van der Waals surface area (Å²) < 4.78 is 7.96. The van der Waals surface area contributed by atoms with Crippen LogP contribution in [-0.4, -0.2) is 4.57 Å². The minimum absolute atomic E-state index is 0.420. The number of hydrogen-bond acceptors (Lipinski definition) is 3. The molecule has 0 amide bonds. The van der Waals surface area contributed by atoms with Crippen LogP contribution in [-0.2, 0) is 0 Å². The Kier molecular flexibility index (Phi) is 4.82. The summed E-state index contributed by atoms with van der Waals surface area (Å²) in [5, 5.41) is 2.15. The van der Waals surface area contributed by atoms with Crippen LogP contribution in [0.25, 0.3) is 11.5 Å². The molecule has 2 aromatic heterocycles. The summed E-state index contributed by atoms with van der Waals surface area (Å²) in [4.78, 5) is 5.95. The third kappa shape index (κ3) is 3.17. The Labute approximate surface area is 140 Å². The second kappa shape index (κ2) is 7.01. The first-order valence-electron chi connectivity index (χ1n) is 8.08. The van der Waals surface area contributed by atoms with Crippen LogP contribution in [0.5, 0.6) is 0 Å². The maximum atomic E-state index is 5.63. The van der Waals surface area contributed by atoms with Gasteiger partial charge in [0.1, 0.15) is 0 Å². The molecular formula is C19H22N2OS. The van der Waals surface area contributed by atoms with Crippen molar-refractivity contribution in [3.05, 3.63) is 58.4 Å². The minimum Gasteiger partial charge on any atom is -0.463 e. The topological polar surface area (TPSA) is 30.4 Å². The zero-order valence-corrected chi connectivity index (χ0v) is 14.6. The van der Waals surface area contributed by atoms with E-state index in [0.717, 1.165) is 34.8 Å². The van der Waals surface area contributed by atoms with Crippen molar-refractivity contribution >= 4 is 17.0 Å². The first-order valence-corrected chi connectivity index (χ1v) is 8.96. The van der Waals surface area contributed by atoms with E-state index >= 15 is 0 Å². The highest BCUT2D eigenvalue weighted by atomic mass is 32.1. The summed E-state index contributed by atoms with van der Waals surface area (Å²) in [6.07, 6.45) is 3.87. The molecule has 0 spiro atoms. The molecule has 0 N–H and O–H groups in total. The van der Waals surface area contributed by atoms with E-state index in [1.54, 1.807) is 17.6 Å². The highest BCUT2D eigenvalue weighted by Crippen LogP contribution is 2.27. The van der Waals surface area contributed by atoms with E-state index in [1.807, 2.05) is 24.3 Å².